The van der Waals surface area contributed by atoms with Crippen molar-refractivity contribution in [2.45, 2.75) is 52.1 Å². The van der Waals surface area contributed by atoms with E-state index in [-0.39, 0.29) is 36.4 Å². The van der Waals surface area contributed by atoms with Crippen molar-refractivity contribution < 1.29 is 0 Å². The lowest BCUT2D eigenvalue weighted by atomic mass is 9.91. The van der Waals surface area contributed by atoms with Gasteiger partial charge in [-0.15, -0.1) is 24.8 Å². The van der Waals surface area contributed by atoms with E-state index >= 15 is 0 Å². The third-order valence-electron chi connectivity index (χ3n) is 6.33. The molecule has 0 amide bonds. The van der Waals surface area contributed by atoms with E-state index < -0.39 is 5.41 Å². The minimum absolute atomic E-state index is 0. The van der Waals surface area contributed by atoms with E-state index in [2.05, 4.69) is 33.8 Å². The molecule has 0 aliphatic carbocycles. The summed E-state index contributed by atoms with van der Waals surface area (Å²) in [6, 6.07) is 13.9. The number of halogens is 2. The van der Waals surface area contributed by atoms with E-state index in [4.69, 9.17) is 9.97 Å². The number of aromatic nitrogens is 5. The smallest absolute Gasteiger partial charge is 0.278 e. The standard InChI is InChI=1S/C26H28N8O.2ClH/c1-16(2)33-24(35)20-14-29-25(30-19-9-8-17-10-11-28-13-18(17)12-19)32-23(20)34(33)22-7-5-6-21(31-22)26(3,4)15-27;;/h5-9,12,14,16,28H,10-11,13H2,1-4H3,(H,29,30,32);2*1H. The number of hydrogen-bond donors (Lipinski definition) is 2. The molecule has 9 nitrogen and oxygen atoms in total. The van der Waals surface area contributed by atoms with Crippen LogP contribution in [0.1, 0.15) is 50.6 Å². The van der Waals surface area contributed by atoms with Crippen LogP contribution in [0.5, 0.6) is 0 Å². The predicted molar refractivity (Wildman–Crippen MR) is 150 cm³/mol. The molecule has 194 valence electrons. The van der Waals surface area contributed by atoms with Crippen molar-refractivity contribution in [1.29, 1.82) is 5.26 Å². The van der Waals surface area contributed by atoms with E-state index in [1.54, 1.807) is 15.6 Å². The lowest BCUT2D eigenvalue weighted by Gasteiger charge is -2.19. The Kier molecular flexibility index (Phi) is 8.28. The molecule has 11 heteroatoms. The monoisotopic (exact) mass is 540 g/mol. The lowest BCUT2D eigenvalue weighted by molar-refractivity contribution is 0.470. The van der Waals surface area contributed by atoms with Gasteiger partial charge >= 0.3 is 0 Å². The van der Waals surface area contributed by atoms with Crippen LogP contribution in [0.15, 0.2) is 47.4 Å². The van der Waals surface area contributed by atoms with Gasteiger partial charge < -0.3 is 10.6 Å². The summed E-state index contributed by atoms with van der Waals surface area (Å²) in [4.78, 5) is 27.2. The molecule has 0 saturated carbocycles. The number of nitriles is 1. The molecule has 2 N–H and O–H groups in total. The zero-order chi connectivity index (χ0) is 24.7. The van der Waals surface area contributed by atoms with Crippen molar-refractivity contribution in [1.82, 2.24) is 29.6 Å². The second-order valence-corrected chi connectivity index (χ2v) is 9.64. The number of nitrogens with one attached hydrogen (secondary N) is 2. The molecule has 0 atom stereocenters. The summed E-state index contributed by atoms with van der Waals surface area (Å²) in [5, 5.41) is 16.7. The zero-order valence-corrected chi connectivity index (χ0v) is 22.8. The van der Waals surface area contributed by atoms with Gasteiger partial charge in [-0.05, 0) is 76.1 Å². The van der Waals surface area contributed by atoms with Gasteiger partial charge in [0, 0.05) is 24.5 Å². The molecule has 0 radical (unpaired) electrons. The van der Waals surface area contributed by atoms with Crippen LogP contribution in [0.4, 0.5) is 11.6 Å². The van der Waals surface area contributed by atoms with Gasteiger partial charge in [0.05, 0.1) is 17.2 Å². The number of pyridine rings is 1. The molecule has 37 heavy (non-hydrogen) atoms. The van der Waals surface area contributed by atoms with E-state index in [0.717, 1.165) is 25.2 Å². The first kappa shape index (κ1) is 28.1. The normalized spacial score (nSPS) is 12.9. The van der Waals surface area contributed by atoms with Crippen molar-refractivity contribution in [3.63, 3.8) is 0 Å². The van der Waals surface area contributed by atoms with Gasteiger partial charge in [-0.3, -0.25) is 4.79 Å². The largest absolute Gasteiger partial charge is 0.324 e. The summed E-state index contributed by atoms with van der Waals surface area (Å²) in [5.41, 5.74) is 3.61. The number of fused-ring (bicyclic) bond motifs is 2. The van der Waals surface area contributed by atoms with Crippen molar-refractivity contribution in [3.8, 4) is 11.9 Å². The lowest BCUT2D eigenvalue weighted by Crippen LogP contribution is -2.25. The molecule has 5 rings (SSSR count). The van der Waals surface area contributed by atoms with Crippen molar-refractivity contribution in [2.75, 3.05) is 11.9 Å². The van der Waals surface area contributed by atoms with Gasteiger partial charge in [0.25, 0.3) is 5.56 Å². The Morgan fingerprint density at radius 3 is 2.65 bits per heavy atom. The molecule has 4 heterocycles. The molecule has 0 unspecified atom stereocenters. The van der Waals surface area contributed by atoms with Crippen LogP contribution in [-0.2, 0) is 18.4 Å². The highest BCUT2D eigenvalue weighted by atomic mass is 35.5. The highest BCUT2D eigenvalue weighted by Crippen LogP contribution is 2.25. The molecule has 3 aromatic heterocycles. The quantitative estimate of drug-likeness (QED) is 0.380. The average molecular weight is 541 g/mol. The van der Waals surface area contributed by atoms with Crippen LogP contribution in [0, 0.1) is 11.3 Å². The maximum atomic E-state index is 13.3. The van der Waals surface area contributed by atoms with E-state index in [9.17, 15) is 10.1 Å². The first-order valence-corrected chi connectivity index (χ1v) is 11.8. The Morgan fingerprint density at radius 2 is 1.92 bits per heavy atom. The van der Waals surface area contributed by atoms with E-state index in [0.29, 0.717) is 28.5 Å². The number of nitrogens with zero attached hydrogens (tertiary/aromatic N) is 6. The number of hydrogen-bond acceptors (Lipinski definition) is 7. The third kappa shape index (κ3) is 5.18. The molecule has 1 aromatic carbocycles. The highest BCUT2D eigenvalue weighted by molar-refractivity contribution is 5.85. The van der Waals surface area contributed by atoms with Crippen LogP contribution < -0.4 is 16.2 Å². The number of benzene rings is 1. The topological polar surface area (TPSA) is 113 Å². The summed E-state index contributed by atoms with van der Waals surface area (Å²) >= 11 is 0. The van der Waals surface area contributed by atoms with Gasteiger partial charge in [-0.2, -0.15) is 10.2 Å². The molecule has 1 aliphatic heterocycles. The van der Waals surface area contributed by atoms with Crippen LogP contribution >= 0.6 is 24.8 Å². The fraction of sp³-hybridized carbons (Fsp3) is 0.346. The second kappa shape index (κ2) is 10.9. The van der Waals surface area contributed by atoms with Gasteiger partial charge in [0.2, 0.25) is 5.95 Å². The van der Waals surface area contributed by atoms with Gasteiger partial charge in [0.15, 0.2) is 11.5 Å². The van der Waals surface area contributed by atoms with Crippen LogP contribution in [-0.4, -0.2) is 30.9 Å². The van der Waals surface area contributed by atoms with E-state index in [1.807, 2.05) is 52.0 Å². The SMILES string of the molecule is CC(C)n1c(=O)c2cnc(Nc3ccc4c(c3)CNCC4)nc2n1-c1cccc(C(C)(C)C#N)n1.Cl.Cl. The fourth-order valence-electron chi connectivity index (χ4n) is 4.38. The minimum atomic E-state index is -0.773. The Hall–Kier alpha value is -3.45. The maximum Gasteiger partial charge on any atom is 0.278 e. The van der Waals surface area contributed by atoms with Crippen molar-refractivity contribution >= 4 is 47.5 Å². The van der Waals surface area contributed by atoms with Crippen molar-refractivity contribution in [2.24, 2.45) is 0 Å². The number of rotatable bonds is 5. The summed E-state index contributed by atoms with van der Waals surface area (Å²) in [5.74, 6) is 0.917. The third-order valence-corrected chi connectivity index (χ3v) is 6.33. The summed E-state index contributed by atoms with van der Waals surface area (Å²) in [6.45, 7) is 9.34. The zero-order valence-electron chi connectivity index (χ0n) is 21.1. The Morgan fingerprint density at radius 1 is 1.14 bits per heavy atom. The summed E-state index contributed by atoms with van der Waals surface area (Å²) in [7, 11) is 0. The molecule has 0 spiro atoms. The Balaban J connectivity index is 0.00000190. The first-order chi connectivity index (χ1) is 16.8. The van der Waals surface area contributed by atoms with Gasteiger partial charge in [0.1, 0.15) is 5.39 Å². The molecule has 0 bridgehead atoms. The molecular formula is C26H30Cl2N8O. The second-order valence-electron chi connectivity index (χ2n) is 9.64. The predicted octanol–water partition coefficient (Wildman–Crippen LogP) is 4.59. The fourth-order valence-corrected chi connectivity index (χ4v) is 4.38. The Labute approximate surface area is 227 Å². The molecule has 0 saturated heterocycles. The molecule has 1 aliphatic rings. The summed E-state index contributed by atoms with van der Waals surface area (Å²) < 4.78 is 3.35. The molecular weight excluding hydrogens is 511 g/mol. The first-order valence-electron chi connectivity index (χ1n) is 11.8. The molecule has 4 aromatic rings. The van der Waals surface area contributed by atoms with Crippen LogP contribution in [0.2, 0.25) is 0 Å². The maximum absolute atomic E-state index is 13.3. The van der Waals surface area contributed by atoms with E-state index in [1.165, 1.54) is 11.1 Å². The van der Waals surface area contributed by atoms with Crippen LogP contribution in [0.25, 0.3) is 16.9 Å². The Bertz CT molecular complexity index is 1530. The highest BCUT2D eigenvalue weighted by Gasteiger charge is 2.24. The minimum Gasteiger partial charge on any atom is -0.324 e. The van der Waals surface area contributed by atoms with Crippen molar-refractivity contribution in [3.05, 3.63) is 69.8 Å². The summed E-state index contributed by atoms with van der Waals surface area (Å²) in [6.07, 6.45) is 2.58. The number of anilines is 2. The molecule has 0 fully saturated rings. The van der Waals surface area contributed by atoms with Crippen LogP contribution in [0.3, 0.4) is 0 Å². The van der Waals surface area contributed by atoms with Gasteiger partial charge in [-0.1, -0.05) is 12.1 Å². The average Bonchev–Trinajstić information content (AvgIpc) is 3.16. The van der Waals surface area contributed by atoms with Gasteiger partial charge in [-0.25, -0.2) is 19.3 Å².